The first-order valence-corrected chi connectivity index (χ1v) is 17.3. The summed E-state index contributed by atoms with van der Waals surface area (Å²) in [5.41, 5.74) is 10.5. The first kappa shape index (κ1) is 29.7. The van der Waals surface area contributed by atoms with Crippen LogP contribution in [0.25, 0.3) is 89.4 Å². The van der Waals surface area contributed by atoms with Crippen LogP contribution in [0, 0.1) is 0 Å². The van der Waals surface area contributed by atoms with Crippen molar-refractivity contribution in [1.82, 2.24) is 29.3 Å². The Labute approximate surface area is 300 Å². The maximum absolute atomic E-state index is 4.96. The third kappa shape index (κ3) is 5.05. The third-order valence-corrected chi connectivity index (χ3v) is 9.64. The molecule has 10 rings (SSSR count). The van der Waals surface area contributed by atoms with Crippen molar-refractivity contribution in [3.05, 3.63) is 182 Å². The van der Waals surface area contributed by atoms with Crippen molar-refractivity contribution in [1.29, 1.82) is 0 Å². The fraction of sp³-hybridized carbons (Fsp3) is 0. The van der Waals surface area contributed by atoms with Crippen LogP contribution < -0.4 is 0 Å². The molecular weight excluding hydrogens is 637 g/mol. The van der Waals surface area contributed by atoms with Gasteiger partial charge < -0.3 is 4.57 Å². The Kier molecular flexibility index (Phi) is 7.03. The van der Waals surface area contributed by atoms with Crippen LogP contribution >= 0.6 is 0 Å². The number of nitrogens with zero attached hydrogens (tertiary/aromatic N) is 6. The largest absolute Gasteiger partial charge is 0.307 e. The molecule has 0 unspecified atom stereocenters. The van der Waals surface area contributed by atoms with Gasteiger partial charge in [-0.2, -0.15) is 5.10 Å². The number of aromatic nitrogens is 6. The van der Waals surface area contributed by atoms with Gasteiger partial charge in [0.1, 0.15) is 0 Å². The minimum absolute atomic E-state index is 0.635. The molecule has 6 heteroatoms. The van der Waals surface area contributed by atoms with Crippen molar-refractivity contribution in [2.24, 2.45) is 0 Å². The molecule has 0 radical (unpaired) electrons. The van der Waals surface area contributed by atoms with Gasteiger partial charge in [0, 0.05) is 38.5 Å². The molecule has 7 aromatic carbocycles. The fourth-order valence-electron chi connectivity index (χ4n) is 7.17. The average molecular weight is 667 g/mol. The zero-order chi connectivity index (χ0) is 34.4. The van der Waals surface area contributed by atoms with Crippen LogP contribution in [0.4, 0.5) is 0 Å². The normalized spacial score (nSPS) is 11.5. The zero-order valence-electron chi connectivity index (χ0n) is 28.0. The Balaban J connectivity index is 1.09. The summed E-state index contributed by atoms with van der Waals surface area (Å²) in [7, 11) is 0. The predicted molar refractivity (Wildman–Crippen MR) is 211 cm³/mol. The molecule has 0 aliphatic rings. The highest BCUT2D eigenvalue weighted by Crippen LogP contribution is 2.38. The van der Waals surface area contributed by atoms with Gasteiger partial charge in [0.15, 0.2) is 17.5 Å². The van der Waals surface area contributed by atoms with Gasteiger partial charge in [-0.15, -0.1) is 0 Å². The van der Waals surface area contributed by atoms with Crippen LogP contribution in [0.15, 0.2) is 182 Å². The molecule has 0 N–H and O–H groups in total. The van der Waals surface area contributed by atoms with Crippen LogP contribution in [0.2, 0.25) is 0 Å². The Morgan fingerprint density at radius 1 is 0.365 bits per heavy atom. The van der Waals surface area contributed by atoms with Crippen LogP contribution in [0.5, 0.6) is 0 Å². The Morgan fingerprint density at radius 3 is 1.63 bits per heavy atom. The molecule has 52 heavy (non-hydrogen) atoms. The molecule has 10 aromatic rings. The highest BCUT2D eigenvalue weighted by atomic mass is 15.3. The summed E-state index contributed by atoms with van der Waals surface area (Å²) in [5.74, 6) is 1.93. The number of benzene rings is 7. The van der Waals surface area contributed by atoms with E-state index in [0.717, 1.165) is 61.1 Å². The maximum Gasteiger partial charge on any atom is 0.164 e. The second-order valence-electron chi connectivity index (χ2n) is 12.8. The first-order chi connectivity index (χ1) is 25.8. The van der Waals surface area contributed by atoms with Crippen molar-refractivity contribution in [2.75, 3.05) is 0 Å². The van der Waals surface area contributed by atoms with Gasteiger partial charge in [-0.05, 0) is 47.5 Å². The monoisotopic (exact) mass is 666 g/mol. The molecular formula is C46H30N6. The van der Waals surface area contributed by atoms with E-state index in [1.807, 2.05) is 72.9 Å². The van der Waals surface area contributed by atoms with E-state index in [1.165, 1.54) is 10.8 Å². The minimum atomic E-state index is 0.635. The minimum Gasteiger partial charge on any atom is -0.307 e. The van der Waals surface area contributed by atoms with E-state index in [2.05, 4.69) is 118 Å². The lowest BCUT2D eigenvalue weighted by atomic mass is 10.0. The summed E-state index contributed by atoms with van der Waals surface area (Å²) in [6.45, 7) is 0. The number of hydrogen-bond donors (Lipinski definition) is 0. The summed E-state index contributed by atoms with van der Waals surface area (Å²) in [6, 6.07) is 60.8. The van der Waals surface area contributed by atoms with E-state index < -0.39 is 0 Å². The van der Waals surface area contributed by atoms with Crippen LogP contribution in [0.1, 0.15) is 0 Å². The Bertz CT molecular complexity index is 2820. The standard InChI is InChI=1S/C46H30N6/c1-4-13-32(14-5-1)44-48-45(33-15-6-2-7-16-33)50-46(49-44)35-18-12-17-34(29-35)31-23-26-37(27-24-31)51-41-22-11-10-21-39(41)40-28-25-36-30-47-52(42(36)43(40)51)38-19-8-3-9-20-38/h1-30H. The molecule has 0 amide bonds. The Hall–Kier alpha value is -7.18. The smallest absolute Gasteiger partial charge is 0.164 e. The second kappa shape index (κ2) is 12.3. The van der Waals surface area contributed by atoms with Gasteiger partial charge in [0.25, 0.3) is 0 Å². The molecule has 3 heterocycles. The summed E-state index contributed by atoms with van der Waals surface area (Å²) in [4.78, 5) is 14.8. The van der Waals surface area contributed by atoms with Crippen molar-refractivity contribution in [2.45, 2.75) is 0 Å². The predicted octanol–water partition coefficient (Wildman–Crippen LogP) is 11.0. The first-order valence-electron chi connectivity index (χ1n) is 17.3. The van der Waals surface area contributed by atoms with Crippen molar-refractivity contribution in [3.8, 4) is 56.7 Å². The summed E-state index contributed by atoms with van der Waals surface area (Å²) < 4.78 is 4.43. The summed E-state index contributed by atoms with van der Waals surface area (Å²) in [6.07, 6.45) is 1.96. The van der Waals surface area contributed by atoms with E-state index >= 15 is 0 Å². The zero-order valence-corrected chi connectivity index (χ0v) is 28.0. The lowest BCUT2D eigenvalue weighted by Gasteiger charge is -2.12. The molecule has 0 fully saturated rings. The van der Waals surface area contributed by atoms with Gasteiger partial charge in [-0.25, -0.2) is 19.6 Å². The Morgan fingerprint density at radius 2 is 0.942 bits per heavy atom. The van der Waals surface area contributed by atoms with E-state index in [4.69, 9.17) is 20.1 Å². The molecule has 0 spiro atoms. The van der Waals surface area contributed by atoms with Crippen LogP contribution in [-0.2, 0) is 0 Å². The van der Waals surface area contributed by atoms with Crippen molar-refractivity contribution in [3.63, 3.8) is 0 Å². The van der Waals surface area contributed by atoms with Crippen LogP contribution in [-0.4, -0.2) is 29.3 Å². The van der Waals surface area contributed by atoms with Crippen molar-refractivity contribution < 1.29 is 0 Å². The van der Waals surface area contributed by atoms with E-state index in [1.54, 1.807) is 0 Å². The highest BCUT2D eigenvalue weighted by molar-refractivity contribution is 6.18. The van der Waals surface area contributed by atoms with Gasteiger partial charge in [-0.1, -0.05) is 140 Å². The van der Waals surface area contributed by atoms with Gasteiger partial charge >= 0.3 is 0 Å². The van der Waals surface area contributed by atoms with Gasteiger partial charge in [-0.3, -0.25) is 0 Å². The summed E-state index contributed by atoms with van der Waals surface area (Å²) in [5, 5.41) is 8.34. The molecule has 0 atom stereocenters. The fourth-order valence-corrected chi connectivity index (χ4v) is 7.17. The molecule has 0 bridgehead atoms. The van der Waals surface area contributed by atoms with E-state index in [9.17, 15) is 0 Å². The van der Waals surface area contributed by atoms with E-state index in [0.29, 0.717) is 17.5 Å². The molecule has 0 saturated carbocycles. The van der Waals surface area contributed by atoms with Crippen molar-refractivity contribution >= 4 is 32.7 Å². The number of fused-ring (bicyclic) bond motifs is 5. The molecule has 6 nitrogen and oxygen atoms in total. The lowest BCUT2D eigenvalue weighted by molar-refractivity contribution is 0.911. The topological polar surface area (TPSA) is 61.4 Å². The maximum atomic E-state index is 4.96. The third-order valence-electron chi connectivity index (χ3n) is 9.64. The van der Waals surface area contributed by atoms with E-state index in [-0.39, 0.29) is 0 Å². The lowest BCUT2D eigenvalue weighted by Crippen LogP contribution is -2.00. The molecule has 3 aromatic heterocycles. The van der Waals surface area contributed by atoms with Crippen LogP contribution in [0.3, 0.4) is 0 Å². The second-order valence-corrected chi connectivity index (χ2v) is 12.8. The van der Waals surface area contributed by atoms with Gasteiger partial charge in [0.2, 0.25) is 0 Å². The molecule has 0 aliphatic carbocycles. The average Bonchev–Trinajstić information content (AvgIpc) is 3.81. The molecule has 0 saturated heterocycles. The quantitative estimate of drug-likeness (QED) is 0.177. The highest BCUT2D eigenvalue weighted by Gasteiger charge is 2.19. The van der Waals surface area contributed by atoms with Gasteiger partial charge in [0.05, 0.1) is 28.4 Å². The number of hydrogen-bond acceptors (Lipinski definition) is 4. The molecule has 0 aliphatic heterocycles. The number of rotatable bonds is 6. The number of para-hydroxylation sites is 2. The molecule has 244 valence electrons. The summed E-state index contributed by atoms with van der Waals surface area (Å²) >= 11 is 0. The SMILES string of the molecule is c1ccc(-c2nc(-c3ccccc3)nc(-c3cccc(-c4ccc(-n5c6ccccc6c6ccc7cnn(-c8ccccc8)c7c65)cc4)c3)n2)cc1.